The Morgan fingerprint density at radius 3 is 2.84 bits per heavy atom. The number of guanidine groups is 1. The van der Waals surface area contributed by atoms with Gasteiger partial charge in [-0.2, -0.15) is 0 Å². The summed E-state index contributed by atoms with van der Waals surface area (Å²) in [6, 6.07) is 3.51. The van der Waals surface area contributed by atoms with Crippen LogP contribution < -0.4 is 15.4 Å². The number of ether oxygens (including phenoxy) is 1. The maximum absolute atomic E-state index is 6.00. The van der Waals surface area contributed by atoms with E-state index in [1.807, 2.05) is 0 Å². The number of aromatic nitrogens is 2. The van der Waals surface area contributed by atoms with Crippen LogP contribution in [0.25, 0.3) is 0 Å². The van der Waals surface area contributed by atoms with Gasteiger partial charge in [-0.25, -0.2) is 4.98 Å². The van der Waals surface area contributed by atoms with Gasteiger partial charge in [0.1, 0.15) is 17.4 Å². The first-order chi connectivity index (χ1) is 12.2. The molecule has 136 valence electrons. The summed E-state index contributed by atoms with van der Waals surface area (Å²) in [5.41, 5.74) is 2.08. The van der Waals surface area contributed by atoms with Gasteiger partial charge in [-0.1, -0.05) is 30.6 Å². The summed E-state index contributed by atoms with van der Waals surface area (Å²) in [5, 5.41) is 11.1. The van der Waals surface area contributed by atoms with E-state index < -0.39 is 0 Å². The highest BCUT2D eigenvalue weighted by molar-refractivity contribution is 6.31. The lowest BCUT2D eigenvalue weighted by atomic mass is 10.1. The number of nitrogens with one attached hydrogen (secondary N) is 2. The van der Waals surface area contributed by atoms with Crippen LogP contribution in [0.4, 0.5) is 0 Å². The van der Waals surface area contributed by atoms with E-state index in [2.05, 4.69) is 39.6 Å². The minimum absolute atomic E-state index is 0.422. The smallest absolute Gasteiger partial charge is 0.232 e. The lowest BCUT2D eigenvalue weighted by Gasteiger charge is -2.12. The van der Waals surface area contributed by atoms with Crippen molar-refractivity contribution < 1.29 is 9.26 Å². The molecule has 0 saturated carbocycles. The molecule has 2 aromatic rings. The van der Waals surface area contributed by atoms with Crippen molar-refractivity contribution in [2.24, 2.45) is 4.99 Å². The van der Waals surface area contributed by atoms with E-state index in [9.17, 15) is 0 Å². The largest absolute Gasteiger partial charge is 0.475 e. The van der Waals surface area contributed by atoms with Gasteiger partial charge >= 0.3 is 0 Å². The summed E-state index contributed by atoms with van der Waals surface area (Å²) in [6.07, 6.45) is 3.30. The second-order valence-corrected chi connectivity index (χ2v) is 5.64. The zero-order valence-corrected chi connectivity index (χ0v) is 15.6. The van der Waals surface area contributed by atoms with E-state index in [1.165, 1.54) is 0 Å². The molecule has 0 saturated heterocycles. The number of rotatable bonds is 8. The number of halogens is 1. The number of aliphatic imine (C=N–C) groups is 1. The molecule has 0 bridgehead atoms. The van der Waals surface area contributed by atoms with Gasteiger partial charge in [0.15, 0.2) is 5.96 Å². The highest BCUT2D eigenvalue weighted by Crippen LogP contribution is 2.19. The third kappa shape index (κ3) is 5.35. The molecule has 2 N–H and O–H groups in total. The summed E-state index contributed by atoms with van der Waals surface area (Å²) >= 11 is 6.00. The summed E-state index contributed by atoms with van der Waals surface area (Å²) in [5.74, 6) is 2.02. The predicted octanol–water partition coefficient (Wildman–Crippen LogP) is 2.59. The Morgan fingerprint density at radius 2 is 2.16 bits per heavy atom. The maximum Gasteiger partial charge on any atom is 0.232 e. The van der Waals surface area contributed by atoms with Crippen molar-refractivity contribution in [3.8, 4) is 5.88 Å². The normalized spacial score (nSPS) is 11.4. The van der Waals surface area contributed by atoms with Crippen LogP contribution in [0.3, 0.4) is 0 Å². The number of aryl methyl sites for hydroxylation is 2. The van der Waals surface area contributed by atoms with Crippen molar-refractivity contribution in [3.05, 3.63) is 40.4 Å². The third-order valence-electron chi connectivity index (χ3n) is 3.62. The lowest BCUT2D eigenvalue weighted by molar-refractivity contribution is 0.310. The number of hydrogen-bond acceptors (Lipinski definition) is 5. The van der Waals surface area contributed by atoms with Crippen LogP contribution in [0, 0.1) is 0 Å². The Morgan fingerprint density at radius 1 is 1.32 bits per heavy atom. The highest BCUT2D eigenvalue weighted by atomic mass is 35.5. The second kappa shape index (κ2) is 9.88. The van der Waals surface area contributed by atoms with Crippen LogP contribution in [-0.4, -0.2) is 36.3 Å². The first kappa shape index (κ1) is 19.1. The molecule has 0 unspecified atom stereocenters. The Labute approximate surface area is 152 Å². The van der Waals surface area contributed by atoms with Gasteiger partial charge in [0.05, 0.1) is 12.2 Å². The van der Waals surface area contributed by atoms with Crippen LogP contribution in [-0.2, 0) is 19.4 Å². The Hall–Kier alpha value is -2.28. The summed E-state index contributed by atoms with van der Waals surface area (Å²) in [7, 11) is 1.72. The Kier molecular flexibility index (Phi) is 7.53. The van der Waals surface area contributed by atoms with Crippen molar-refractivity contribution in [2.45, 2.75) is 33.2 Å². The van der Waals surface area contributed by atoms with Crippen LogP contribution in [0.5, 0.6) is 5.88 Å². The van der Waals surface area contributed by atoms with Crippen LogP contribution in [0.1, 0.15) is 30.9 Å². The van der Waals surface area contributed by atoms with Gasteiger partial charge in [-0.05, 0) is 18.6 Å². The van der Waals surface area contributed by atoms with Gasteiger partial charge in [-0.3, -0.25) is 4.99 Å². The fourth-order valence-corrected chi connectivity index (χ4v) is 2.50. The van der Waals surface area contributed by atoms with E-state index in [4.69, 9.17) is 20.9 Å². The van der Waals surface area contributed by atoms with Crippen LogP contribution in [0.15, 0.2) is 27.8 Å². The number of pyridine rings is 1. The molecule has 0 aliphatic heterocycles. The molecule has 2 heterocycles. The molecular weight excluding hydrogens is 342 g/mol. The Bertz CT molecular complexity index is 681. The SMILES string of the molecule is CCc1noc(CC)c1CNC(=NC)NCCOc1ncccc1Cl. The molecular formula is C17H24ClN5O2. The van der Waals surface area contributed by atoms with E-state index in [-0.39, 0.29) is 0 Å². The van der Waals surface area contributed by atoms with Crippen molar-refractivity contribution >= 4 is 17.6 Å². The molecule has 0 radical (unpaired) electrons. The van der Waals surface area contributed by atoms with Crippen molar-refractivity contribution in [1.82, 2.24) is 20.8 Å². The topological polar surface area (TPSA) is 84.6 Å². The maximum atomic E-state index is 6.00. The lowest BCUT2D eigenvalue weighted by Crippen LogP contribution is -2.39. The van der Waals surface area contributed by atoms with Gasteiger partial charge in [0.2, 0.25) is 5.88 Å². The average Bonchev–Trinajstić information content (AvgIpc) is 3.04. The van der Waals surface area contributed by atoms with Crippen LogP contribution in [0.2, 0.25) is 5.02 Å². The van der Waals surface area contributed by atoms with E-state index in [0.717, 1.165) is 29.9 Å². The molecule has 0 fully saturated rings. The average molecular weight is 366 g/mol. The van der Waals surface area contributed by atoms with Gasteiger partial charge in [0, 0.05) is 31.8 Å². The molecule has 0 aliphatic rings. The molecule has 0 amide bonds. The molecule has 0 aliphatic carbocycles. The summed E-state index contributed by atoms with van der Waals surface area (Å²) < 4.78 is 10.9. The van der Waals surface area contributed by atoms with E-state index in [0.29, 0.717) is 36.6 Å². The molecule has 8 heteroatoms. The van der Waals surface area contributed by atoms with Crippen molar-refractivity contribution in [2.75, 3.05) is 20.2 Å². The first-order valence-electron chi connectivity index (χ1n) is 8.33. The molecule has 0 aromatic carbocycles. The monoisotopic (exact) mass is 365 g/mol. The minimum Gasteiger partial charge on any atom is -0.475 e. The Balaban J connectivity index is 1.79. The van der Waals surface area contributed by atoms with E-state index in [1.54, 1.807) is 25.4 Å². The molecule has 2 rings (SSSR count). The van der Waals surface area contributed by atoms with Crippen molar-refractivity contribution in [3.63, 3.8) is 0 Å². The molecule has 0 atom stereocenters. The van der Waals surface area contributed by atoms with Crippen LogP contribution >= 0.6 is 11.6 Å². The first-order valence-corrected chi connectivity index (χ1v) is 8.71. The second-order valence-electron chi connectivity index (χ2n) is 5.23. The molecule has 7 nitrogen and oxygen atoms in total. The van der Waals surface area contributed by atoms with Crippen molar-refractivity contribution in [1.29, 1.82) is 0 Å². The quantitative estimate of drug-likeness (QED) is 0.425. The molecule has 25 heavy (non-hydrogen) atoms. The fourth-order valence-electron chi connectivity index (χ4n) is 2.33. The van der Waals surface area contributed by atoms with Gasteiger partial charge in [-0.15, -0.1) is 0 Å². The fraction of sp³-hybridized carbons (Fsp3) is 0.471. The zero-order chi connectivity index (χ0) is 18.1. The minimum atomic E-state index is 0.422. The highest BCUT2D eigenvalue weighted by Gasteiger charge is 2.13. The van der Waals surface area contributed by atoms with E-state index >= 15 is 0 Å². The predicted molar refractivity (Wildman–Crippen MR) is 98.2 cm³/mol. The summed E-state index contributed by atoms with van der Waals surface area (Å²) in [4.78, 5) is 8.28. The molecule has 0 spiro atoms. The number of nitrogens with zero attached hydrogens (tertiary/aromatic N) is 3. The van der Waals surface area contributed by atoms with Gasteiger partial charge in [0.25, 0.3) is 0 Å². The summed E-state index contributed by atoms with van der Waals surface area (Å²) in [6.45, 7) is 5.72. The zero-order valence-electron chi connectivity index (χ0n) is 14.8. The third-order valence-corrected chi connectivity index (χ3v) is 3.91. The standard InChI is InChI=1S/C17H24ClN5O2/c1-4-14-12(15(5-2)25-23-14)11-22-17(19-3)21-9-10-24-16-13(18)7-6-8-20-16/h6-8H,4-5,9-11H2,1-3H3,(H2,19,21,22). The number of hydrogen-bond donors (Lipinski definition) is 2. The van der Waals surface area contributed by atoms with Gasteiger partial charge < -0.3 is 19.9 Å². The molecule has 2 aromatic heterocycles.